The summed E-state index contributed by atoms with van der Waals surface area (Å²) in [6.45, 7) is 0. The first kappa shape index (κ1) is 17.0. The molecule has 1 fully saturated rings. The van der Waals surface area contributed by atoms with Crippen molar-refractivity contribution in [1.82, 2.24) is 0 Å². The van der Waals surface area contributed by atoms with Crippen molar-refractivity contribution in [1.29, 1.82) is 0 Å². The van der Waals surface area contributed by atoms with Crippen LogP contribution in [0.1, 0.15) is 32.1 Å². The topological polar surface area (TPSA) is 70.2 Å². The fourth-order valence-electron chi connectivity index (χ4n) is 3.11. The van der Waals surface area contributed by atoms with Crippen molar-refractivity contribution < 1.29 is 9.59 Å². The van der Waals surface area contributed by atoms with Gasteiger partial charge < -0.3 is 16.0 Å². The van der Waals surface area contributed by atoms with Crippen molar-refractivity contribution >= 4 is 29.0 Å². The first-order chi connectivity index (χ1) is 12.2. The molecule has 130 valence electrons. The second-order valence-corrected chi connectivity index (χ2v) is 6.31. The SMILES string of the molecule is O=C(Nc1ccccc1)Nc1ccccc1NC(=O)C1CCCCC1. The summed E-state index contributed by atoms with van der Waals surface area (Å²) < 4.78 is 0. The fraction of sp³-hybridized carbons (Fsp3) is 0.300. The molecule has 0 bridgehead atoms. The maximum Gasteiger partial charge on any atom is 0.323 e. The lowest BCUT2D eigenvalue weighted by Crippen LogP contribution is -2.26. The highest BCUT2D eigenvalue weighted by Crippen LogP contribution is 2.27. The van der Waals surface area contributed by atoms with Crippen LogP contribution in [0.25, 0.3) is 0 Å². The normalized spacial score (nSPS) is 14.6. The number of hydrogen-bond donors (Lipinski definition) is 3. The summed E-state index contributed by atoms with van der Waals surface area (Å²) in [5.74, 6) is 0.109. The Morgan fingerprint density at radius 3 is 2.00 bits per heavy atom. The zero-order valence-corrected chi connectivity index (χ0v) is 14.1. The lowest BCUT2D eigenvalue weighted by atomic mass is 9.88. The number of anilines is 3. The van der Waals surface area contributed by atoms with Crippen LogP contribution in [0.15, 0.2) is 54.6 Å². The number of amides is 3. The molecule has 3 rings (SSSR count). The van der Waals surface area contributed by atoms with Gasteiger partial charge in [-0.1, -0.05) is 49.6 Å². The van der Waals surface area contributed by atoms with E-state index in [-0.39, 0.29) is 17.9 Å². The van der Waals surface area contributed by atoms with E-state index in [2.05, 4.69) is 16.0 Å². The molecule has 0 atom stereocenters. The van der Waals surface area contributed by atoms with E-state index in [1.807, 2.05) is 42.5 Å². The van der Waals surface area contributed by atoms with Crippen molar-refractivity contribution in [3.8, 4) is 0 Å². The van der Waals surface area contributed by atoms with Gasteiger partial charge in [-0.15, -0.1) is 0 Å². The molecule has 0 spiro atoms. The summed E-state index contributed by atoms with van der Waals surface area (Å²) in [6, 6.07) is 16.1. The summed E-state index contributed by atoms with van der Waals surface area (Å²) in [7, 11) is 0. The summed E-state index contributed by atoms with van der Waals surface area (Å²) >= 11 is 0. The number of hydrogen-bond acceptors (Lipinski definition) is 2. The molecule has 3 N–H and O–H groups in total. The maximum atomic E-state index is 12.5. The minimum atomic E-state index is -0.342. The number of carbonyl (C=O) groups is 2. The maximum absolute atomic E-state index is 12.5. The van der Waals surface area contributed by atoms with E-state index in [0.29, 0.717) is 17.1 Å². The second kappa shape index (κ2) is 8.33. The molecule has 0 radical (unpaired) electrons. The van der Waals surface area contributed by atoms with E-state index in [9.17, 15) is 9.59 Å². The molecule has 5 nitrogen and oxygen atoms in total. The molecule has 0 saturated heterocycles. The van der Waals surface area contributed by atoms with Gasteiger partial charge in [0.1, 0.15) is 0 Å². The van der Waals surface area contributed by atoms with Crippen molar-refractivity contribution in [2.45, 2.75) is 32.1 Å². The van der Waals surface area contributed by atoms with Crippen LogP contribution >= 0.6 is 0 Å². The fourth-order valence-corrected chi connectivity index (χ4v) is 3.11. The predicted octanol–water partition coefficient (Wildman–Crippen LogP) is 4.85. The Morgan fingerprint density at radius 1 is 0.720 bits per heavy atom. The Kier molecular flexibility index (Phi) is 5.67. The van der Waals surface area contributed by atoms with E-state index in [1.54, 1.807) is 12.1 Å². The highest BCUT2D eigenvalue weighted by molar-refractivity contribution is 6.04. The molecule has 2 aromatic carbocycles. The Balaban J connectivity index is 1.64. The van der Waals surface area contributed by atoms with Gasteiger partial charge in [-0.2, -0.15) is 0 Å². The van der Waals surface area contributed by atoms with E-state index in [4.69, 9.17) is 0 Å². The van der Waals surface area contributed by atoms with Crippen LogP contribution in [0, 0.1) is 5.92 Å². The van der Waals surface area contributed by atoms with Crippen LogP contribution < -0.4 is 16.0 Å². The molecule has 0 aliphatic heterocycles. The summed E-state index contributed by atoms with van der Waals surface area (Å²) in [5.41, 5.74) is 1.92. The van der Waals surface area contributed by atoms with Crippen LogP contribution in [0.5, 0.6) is 0 Å². The highest BCUT2D eigenvalue weighted by atomic mass is 16.2. The van der Waals surface area contributed by atoms with Gasteiger partial charge in [0, 0.05) is 11.6 Å². The molecule has 0 unspecified atom stereocenters. The van der Waals surface area contributed by atoms with Crippen LogP contribution in [-0.4, -0.2) is 11.9 Å². The van der Waals surface area contributed by atoms with E-state index < -0.39 is 0 Å². The van der Waals surface area contributed by atoms with Gasteiger partial charge in [0.05, 0.1) is 11.4 Å². The van der Waals surface area contributed by atoms with Gasteiger partial charge in [-0.25, -0.2) is 4.79 Å². The number of carbonyl (C=O) groups excluding carboxylic acids is 2. The van der Waals surface area contributed by atoms with Crippen molar-refractivity contribution in [2.75, 3.05) is 16.0 Å². The monoisotopic (exact) mass is 337 g/mol. The Bertz CT molecular complexity index is 725. The molecule has 25 heavy (non-hydrogen) atoms. The second-order valence-electron chi connectivity index (χ2n) is 6.31. The molecule has 0 heterocycles. The average molecular weight is 337 g/mol. The highest BCUT2D eigenvalue weighted by Gasteiger charge is 2.21. The third-order valence-electron chi connectivity index (χ3n) is 4.44. The zero-order valence-electron chi connectivity index (χ0n) is 14.1. The van der Waals surface area contributed by atoms with E-state index in [0.717, 1.165) is 25.7 Å². The minimum absolute atomic E-state index is 0.0393. The van der Waals surface area contributed by atoms with Gasteiger partial charge in [0.15, 0.2) is 0 Å². The third kappa shape index (κ3) is 4.83. The van der Waals surface area contributed by atoms with Crippen molar-refractivity contribution in [3.05, 3.63) is 54.6 Å². The number of para-hydroxylation sites is 3. The Morgan fingerprint density at radius 2 is 1.32 bits per heavy atom. The lowest BCUT2D eigenvalue weighted by Gasteiger charge is -2.21. The molecule has 5 heteroatoms. The van der Waals surface area contributed by atoms with Crippen LogP contribution in [0.3, 0.4) is 0 Å². The number of rotatable bonds is 4. The number of benzene rings is 2. The van der Waals surface area contributed by atoms with E-state index >= 15 is 0 Å². The summed E-state index contributed by atoms with van der Waals surface area (Å²) in [5, 5.41) is 8.54. The lowest BCUT2D eigenvalue weighted by molar-refractivity contribution is -0.120. The quantitative estimate of drug-likeness (QED) is 0.746. The van der Waals surface area contributed by atoms with Crippen molar-refractivity contribution in [2.24, 2.45) is 5.92 Å². The molecule has 3 amide bonds. The first-order valence-electron chi connectivity index (χ1n) is 8.75. The van der Waals surface area contributed by atoms with E-state index in [1.165, 1.54) is 6.42 Å². The molecule has 0 aromatic heterocycles. The van der Waals surface area contributed by atoms with Crippen LogP contribution in [0.4, 0.5) is 21.9 Å². The Hall–Kier alpha value is -2.82. The molecule has 1 aliphatic carbocycles. The molecular formula is C20H23N3O2. The summed E-state index contributed by atoms with van der Waals surface area (Å²) in [4.78, 5) is 24.6. The first-order valence-corrected chi connectivity index (χ1v) is 8.75. The molecular weight excluding hydrogens is 314 g/mol. The van der Waals surface area contributed by atoms with Crippen LogP contribution in [-0.2, 0) is 4.79 Å². The van der Waals surface area contributed by atoms with Gasteiger partial charge in [-0.3, -0.25) is 4.79 Å². The Labute approximate surface area is 147 Å². The average Bonchev–Trinajstić information content (AvgIpc) is 2.65. The minimum Gasteiger partial charge on any atom is -0.324 e. The third-order valence-corrected chi connectivity index (χ3v) is 4.44. The van der Waals surface area contributed by atoms with Gasteiger partial charge >= 0.3 is 6.03 Å². The smallest absolute Gasteiger partial charge is 0.323 e. The summed E-state index contributed by atoms with van der Waals surface area (Å²) in [6.07, 6.45) is 5.31. The largest absolute Gasteiger partial charge is 0.324 e. The number of nitrogens with one attached hydrogen (secondary N) is 3. The number of urea groups is 1. The van der Waals surface area contributed by atoms with Crippen molar-refractivity contribution in [3.63, 3.8) is 0 Å². The molecule has 1 aliphatic rings. The van der Waals surface area contributed by atoms with Gasteiger partial charge in [-0.05, 0) is 37.1 Å². The van der Waals surface area contributed by atoms with Gasteiger partial charge in [0.2, 0.25) is 5.91 Å². The van der Waals surface area contributed by atoms with Crippen LogP contribution in [0.2, 0.25) is 0 Å². The molecule has 2 aromatic rings. The standard InChI is InChI=1S/C20H23N3O2/c24-19(15-9-3-1-4-10-15)22-17-13-7-8-14-18(17)23-20(25)21-16-11-5-2-6-12-16/h2,5-8,11-15H,1,3-4,9-10H2,(H,22,24)(H2,21,23,25). The predicted molar refractivity (Wildman–Crippen MR) is 101 cm³/mol. The van der Waals surface area contributed by atoms with Gasteiger partial charge in [0.25, 0.3) is 0 Å². The zero-order chi connectivity index (χ0) is 17.5. The molecule has 1 saturated carbocycles.